The van der Waals surface area contributed by atoms with Crippen LogP contribution in [0.2, 0.25) is 0 Å². The molecule has 2 heteroatoms. The van der Waals surface area contributed by atoms with Crippen molar-refractivity contribution in [1.82, 2.24) is 5.32 Å². The molecule has 0 rings (SSSR count). The molecule has 10 heavy (non-hydrogen) atoms. The molecule has 0 radical (unpaired) electrons. The molecule has 0 fully saturated rings. The summed E-state index contributed by atoms with van der Waals surface area (Å²) < 4.78 is 0. The Bertz CT molecular complexity index is 93.9. The highest BCUT2D eigenvalue weighted by Gasteiger charge is 1.87. The van der Waals surface area contributed by atoms with E-state index in [9.17, 15) is 0 Å². The monoisotopic (exact) mass is 140 g/mol. The van der Waals surface area contributed by atoms with Crippen molar-refractivity contribution in [2.24, 2.45) is 0 Å². The number of nitrogens with one attached hydrogen (secondary N) is 1. The predicted octanol–water partition coefficient (Wildman–Crippen LogP) is 1.68. The summed E-state index contributed by atoms with van der Waals surface area (Å²) in [6, 6.07) is 2.14. The first kappa shape index (κ1) is 9.45. The molecule has 0 aliphatic rings. The Morgan fingerprint density at radius 1 is 1.20 bits per heavy atom. The van der Waals surface area contributed by atoms with Crippen LogP contribution >= 0.6 is 0 Å². The van der Waals surface area contributed by atoms with E-state index in [1.54, 1.807) is 0 Å². The molecule has 0 aliphatic carbocycles. The summed E-state index contributed by atoms with van der Waals surface area (Å²) in [6.45, 7) is 1.10. The predicted molar refractivity (Wildman–Crippen MR) is 42.6 cm³/mol. The van der Waals surface area contributed by atoms with E-state index in [0.29, 0.717) is 0 Å². The van der Waals surface area contributed by atoms with E-state index in [2.05, 4.69) is 11.4 Å². The highest BCUT2D eigenvalue weighted by molar-refractivity contribution is 4.67. The fourth-order valence-corrected chi connectivity index (χ4v) is 0.859. The molecular formula is C8H16N2. The Hall–Kier alpha value is -0.550. The molecule has 0 saturated carbocycles. The van der Waals surface area contributed by atoms with Gasteiger partial charge >= 0.3 is 0 Å². The molecule has 0 atom stereocenters. The maximum atomic E-state index is 8.21. The van der Waals surface area contributed by atoms with Gasteiger partial charge in [-0.15, -0.1) is 0 Å². The number of nitriles is 1. The SMILES string of the molecule is CNCCCCCCC#N. The Morgan fingerprint density at radius 3 is 2.50 bits per heavy atom. The summed E-state index contributed by atoms with van der Waals surface area (Å²) in [7, 11) is 1.97. The van der Waals surface area contributed by atoms with E-state index in [4.69, 9.17) is 5.26 Å². The lowest BCUT2D eigenvalue weighted by Gasteiger charge is -1.96. The van der Waals surface area contributed by atoms with Crippen LogP contribution in [0, 0.1) is 11.3 Å². The van der Waals surface area contributed by atoms with E-state index < -0.39 is 0 Å². The zero-order valence-corrected chi connectivity index (χ0v) is 6.69. The smallest absolute Gasteiger partial charge is 0.0621 e. The van der Waals surface area contributed by atoms with Gasteiger partial charge in [0.1, 0.15) is 0 Å². The van der Waals surface area contributed by atoms with Gasteiger partial charge in [-0.3, -0.25) is 0 Å². The van der Waals surface area contributed by atoms with Crippen LogP contribution in [-0.2, 0) is 0 Å². The molecule has 0 amide bonds. The van der Waals surface area contributed by atoms with Gasteiger partial charge in [0.05, 0.1) is 6.07 Å². The van der Waals surface area contributed by atoms with Crippen LogP contribution in [0.1, 0.15) is 32.1 Å². The van der Waals surface area contributed by atoms with Crippen LogP contribution in [0.5, 0.6) is 0 Å². The van der Waals surface area contributed by atoms with Crippen molar-refractivity contribution in [3.8, 4) is 6.07 Å². The summed E-state index contributed by atoms with van der Waals surface area (Å²) in [5.41, 5.74) is 0. The topological polar surface area (TPSA) is 35.8 Å². The van der Waals surface area contributed by atoms with E-state index in [0.717, 1.165) is 19.4 Å². The average molecular weight is 140 g/mol. The minimum absolute atomic E-state index is 0.722. The normalized spacial score (nSPS) is 9.20. The van der Waals surface area contributed by atoms with Crippen molar-refractivity contribution in [2.75, 3.05) is 13.6 Å². The van der Waals surface area contributed by atoms with E-state index in [1.807, 2.05) is 7.05 Å². The van der Waals surface area contributed by atoms with Gasteiger partial charge in [-0.1, -0.05) is 12.8 Å². The van der Waals surface area contributed by atoms with Crippen molar-refractivity contribution in [3.05, 3.63) is 0 Å². The summed E-state index contributed by atoms with van der Waals surface area (Å²) in [4.78, 5) is 0. The Balaban J connectivity index is 2.72. The van der Waals surface area contributed by atoms with Crippen molar-refractivity contribution in [1.29, 1.82) is 5.26 Å². The van der Waals surface area contributed by atoms with E-state index in [1.165, 1.54) is 19.3 Å². The highest BCUT2D eigenvalue weighted by atomic mass is 14.8. The Labute approximate surface area is 63.2 Å². The lowest BCUT2D eigenvalue weighted by atomic mass is 10.1. The van der Waals surface area contributed by atoms with Crippen molar-refractivity contribution in [2.45, 2.75) is 32.1 Å². The number of rotatable bonds is 6. The first-order valence-corrected chi connectivity index (χ1v) is 3.93. The maximum Gasteiger partial charge on any atom is 0.0621 e. The second-order valence-corrected chi connectivity index (χ2v) is 2.43. The molecule has 0 heterocycles. The van der Waals surface area contributed by atoms with Gasteiger partial charge in [-0.25, -0.2) is 0 Å². The van der Waals surface area contributed by atoms with Gasteiger partial charge in [0.2, 0.25) is 0 Å². The second kappa shape index (κ2) is 8.45. The number of hydrogen-bond donors (Lipinski definition) is 1. The van der Waals surface area contributed by atoms with Crippen LogP contribution in [0.3, 0.4) is 0 Å². The standard InChI is InChI=1S/C8H16N2/c1-10-8-6-4-2-3-5-7-9/h10H,2-6,8H2,1H3. The zero-order chi connectivity index (χ0) is 7.66. The van der Waals surface area contributed by atoms with Crippen molar-refractivity contribution >= 4 is 0 Å². The fourth-order valence-electron chi connectivity index (χ4n) is 0.859. The first-order valence-electron chi connectivity index (χ1n) is 3.93. The fraction of sp³-hybridized carbons (Fsp3) is 0.875. The number of hydrogen-bond acceptors (Lipinski definition) is 2. The van der Waals surface area contributed by atoms with Gasteiger partial charge in [0.25, 0.3) is 0 Å². The molecule has 1 N–H and O–H groups in total. The van der Waals surface area contributed by atoms with Crippen LogP contribution in [0.4, 0.5) is 0 Å². The van der Waals surface area contributed by atoms with Gasteiger partial charge in [-0.05, 0) is 26.4 Å². The lowest BCUT2D eigenvalue weighted by molar-refractivity contribution is 0.622. The second-order valence-electron chi connectivity index (χ2n) is 2.43. The van der Waals surface area contributed by atoms with Crippen LogP contribution in [-0.4, -0.2) is 13.6 Å². The molecule has 0 bridgehead atoms. The third-order valence-corrected chi connectivity index (χ3v) is 1.47. The molecule has 0 spiro atoms. The lowest BCUT2D eigenvalue weighted by Crippen LogP contribution is -2.06. The van der Waals surface area contributed by atoms with Gasteiger partial charge in [-0.2, -0.15) is 5.26 Å². The summed E-state index contributed by atoms with van der Waals surface area (Å²) >= 11 is 0. The molecule has 0 saturated heterocycles. The number of nitrogens with zero attached hydrogens (tertiary/aromatic N) is 1. The van der Waals surface area contributed by atoms with Crippen LogP contribution in [0.15, 0.2) is 0 Å². The molecule has 0 aromatic rings. The molecule has 2 nitrogen and oxygen atoms in total. The molecular weight excluding hydrogens is 124 g/mol. The van der Waals surface area contributed by atoms with E-state index >= 15 is 0 Å². The van der Waals surface area contributed by atoms with Crippen LogP contribution in [0.25, 0.3) is 0 Å². The summed E-state index contributed by atoms with van der Waals surface area (Å²) in [5.74, 6) is 0. The molecule has 0 aromatic carbocycles. The minimum Gasteiger partial charge on any atom is -0.320 e. The highest BCUT2D eigenvalue weighted by Crippen LogP contribution is 2.00. The Kier molecular flexibility index (Phi) is 7.99. The van der Waals surface area contributed by atoms with E-state index in [-0.39, 0.29) is 0 Å². The maximum absolute atomic E-state index is 8.21. The quantitative estimate of drug-likeness (QED) is 0.570. The number of unbranched alkanes of at least 4 members (excludes halogenated alkanes) is 4. The average Bonchev–Trinajstić information content (AvgIpc) is 1.97. The minimum atomic E-state index is 0.722. The Morgan fingerprint density at radius 2 is 1.90 bits per heavy atom. The van der Waals surface area contributed by atoms with Crippen molar-refractivity contribution < 1.29 is 0 Å². The summed E-state index contributed by atoms with van der Waals surface area (Å²) in [6.07, 6.45) is 5.49. The van der Waals surface area contributed by atoms with Crippen molar-refractivity contribution in [3.63, 3.8) is 0 Å². The largest absolute Gasteiger partial charge is 0.320 e. The van der Waals surface area contributed by atoms with Gasteiger partial charge < -0.3 is 5.32 Å². The molecule has 0 unspecified atom stereocenters. The molecule has 0 aliphatic heterocycles. The molecule has 0 aromatic heterocycles. The summed E-state index contributed by atoms with van der Waals surface area (Å²) in [5, 5.41) is 11.3. The van der Waals surface area contributed by atoms with Crippen LogP contribution < -0.4 is 5.32 Å². The third-order valence-electron chi connectivity index (χ3n) is 1.47. The van der Waals surface area contributed by atoms with Gasteiger partial charge in [0.15, 0.2) is 0 Å². The first-order chi connectivity index (χ1) is 4.91. The zero-order valence-electron chi connectivity index (χ0n) is 6.69. The molecule has 58 valence electrons. The third kappa shape index (κ3) is 7.45. The van der Waals surface area contributed by atoms with Gasteiger partial charge in [0, 0.05) is 6.42 Å².